The summed E-state index contributed by atoms with van der Waals surface area (Å²) < 4.78 is 0. The van der Waals surface area contributed by atoms with E-state index in [0.717, 1.165) is 0 Å². The second-order valence-corrected chi connectivity index (χ2v) is 3.40. The molecular weight excluding hydrogens is 222 g/mol. The van der Waals surface area contributed by atoms with Crippen molar-refractivity contribution in [1.82, 2.24) is 5.32 Å². The minimum absolute atomic E-state index is 0.0877. The van der Waals surface area contributed by atoms with Gasteiger partial charge in [0, 0.05) is 6.54 Å². The van der Waals surface area contributed by atoms with Gasteiger partial charge in [-0.25, -0.2) is 0 Å². The maximum atomic E-state index is 10.8. The van der Waals surface area contributed by atoms with Crippen LogP contribution in [0.1, 0.15) is 26.7 Å². The molecule has 12 heavy (non-hydrogen) atoms. The van der Waals surface area contributed by atoms with E-state index in [4.69, 9.17) is 0 Å². The molecule has 0 aromatic rings. The average molecular weight is 238 g/mol. The number of nitrogens with one attached hydrogen (secondary N) is 1. The third kappa shape index (κ3) is 4.07. The Labute approximate surface area is 81.7 Å². The summed E-state index contributed by atoms with van der Waals surface area (Å²) in [5.74, 6) is -0.0877. The summed E-state index contributed by atoms with van der Waals surface area (Å²) in [6.45, 7) is 4.15. The summed E-state index contributed by atoms with van der Waals surface area (Å²) >= 11 is 3.03. The van der Waals surface area contributed by atoms with Gasteiger partial charge in [0.2, 0.25) is 5.91 Å². The average Bonchev–Trinajstić information content (AvgIpc) is 2.13. The van der Waals surface area contributed by atoms with E-state index < -0.39 is 5.60 Å². The number of alkyl halides is 1. The highest BCUT2D eigenvalue weighted by molar-refractivity contribution is 9.09. The normalized spacial score (nSPS) is 11.3. The first-order valence-corrected chi connectivity index (χ1v) is 5.25. The van der Waals surface area contributed by atoms with Crippen LogP contribution in [0.15, 0.2) is 0 Å². The van der Waals surface area contributed by atoms with Crippen LogP contribution >= 0.6 is 15.9 Å². The zero-order valence-electron chi connectivity index (χ0n) is 7.56. The molecule has 1 amide bonds. The quantitative estimate of drug-likeness (QED) is 0.703. The van der Waals surface area contributed by atoms with Crippen molar-refractivity contribution in [2.45, 2.75) is 32.3 Å². The molecule has 4 heteroatoms. The van der Waals surface area contributed by atoms with Crippen molar-refractivity contribution in [3.05, 3.63) is 0 Å². The second kappa shape index (κ2) is 5.54. The van der Waals surface area contributed by atoms with Gasteiger partial charge >= 0.3 is 0 Å². The molecule has 0 aromatic carbocycles. The minimum Gasteiger partial charge on any atom is -0.388 e. The summed E-state index contributed by atoms with van der Waals surface area (Å²) in [5.41, 5.74) is -0.738. The predicted molar refractivity (Wildman–Crippen MR) is 52.3 cm³/mol. The lowest BCUT2D eigenvalue weighted by molar-refractivity contribution is -0.119. The highest BCUT2D eigenvalue weighted by Gasteiger charge is 2.22. The maximum absolute atomic E-state index is 10.8. The van der Waals surface area contributed by atoms with Crippen molar-refractivity contribution < 1.29 is 9.90 Å². The van der Waals surface area contributed by atoms with Crippen LogP contribution in [0, 0.1) is 0 Å². The molecule has 0 atom stereocenters. The lowest BCUT2D eigenvalue weighted by atomic mass is 9.98. The molecule has 0 heterocycles. The van der Waals surface area contributed by atoms with Crippen LogP contribution in [-0.2, 0) is 4.79 Å². The zero-order valence-corrected chi connectivity index (χ0v) is 9.15. The molecule has 0 rings (SSSR count). The number of aliphatic hydroxyl groups is 1. The Bertz CT molecular complexity index is 146. The van der Waals surface area contributed by atoms with Crippen LogP contribution < -0.4 is 5.32 Å². The van der Waals surface area contributed by atoms with Crippen molar-refractivity contribution in [2.24, 2.45) is 0 Å². The Morgan fingerprint density at radius 2 is 2.00 bits per heavy atom. The van der Waals surface area contributed by atoms with Gasteiger partial charge in [0.25, 0.3) is 0 Å². The Balaban J connectivity index is 3.80. The SMILES string of the molecule is CCC(O)(CC)CNC(=O)CBr. The third-order valence-electron chi connectivity index (χ3n) is 2.05. The first-order valence-electron chi connectivity index (χ1n) is 4.13. The largest absolute Gasteiger partial charge is 0.388 e. The van der Waals surface area contributed by atoms with Gasteiger partial charge in [-0.05, 0) is 12.8 Å². The first kappa shape index (κ1) is 11.9. The first-order chi connectivity index (χ1) is 5.58. The summed E-state index contributed by atoms with van der Waals surface area (Å²) in [4.78, 5) is 10.8. The summed E-state index contributed by atoms with van der Waals surface area (Å²) in [6.07, 6.45) is 1.32. The number of hydrogen-bond acceptors (Lipinski definition) is 2. The standard InChI is InChI=1S/C8H16BrNO2/c1-3-8(12,4-2)6-10-7(11)5-9/h12H,3-6H2,1-2H3,(H,10,11). The van der Waals surface area contributed by atoms with Gasteiger partial charge in [0.05, 0.1) is 10.9 Å². The molecule has 0 saturated carbocycles. The molecule has 0 saturated heterocycles. The summed E-state index contributed by atoms with van der Waals surface area (Å²) in [7, 11) is 0. The maximum Gasteiger partial charge on any atom is 0.230 e. The lowest BCUT2D eigenvalue weighted by Gasteiger charge is -2.25. The second-order valence-electron chi connectivity index (χ2n) is 2.84. The number of carbonyl (C=O) groups excluding carboxylic acids is 1. The molecule has 0 aliphatic rings. The van der Waals surface area contributed by atoms with E-state index in [9.17, 15) is 9.90 Å². The van der Waals surface area contributed by atoms with E-state index in [1.807, 2.05) is 13.8 Å². The number of carbonyl (C=O) groups is 1. The Morgan fingerprint density at radius 3 is 2.33 bits per heavy atom. The highest BCUT2D eigenvalue weighted by atomic mass is 79.9. The van der Waals surface area contributed by atoms with Gasteiger partial charge in [-0.1, -0.05) is 29.8 Å². The van der Waals surface area contributed by atoms with Gasteiger partial charge in [0.15, 0.2) is 0 Å². The van der Waals surface area contributed by atoms with E-state index in [2.05, 4.69) is 21.2 Å². The van der Waals surface area contributed by atoms with Crippen molar-refractivity contribution in [3.8, 4) is 0 Å². The van der Waals surface area contributed by atoms with Crippen molar-refractivity contribution in [2.75, 3.05) is 11.9 Å². The monoisotopic (exact) mass is 237 g/mol. The number of halogens is 1. The zero-order chi connectivity index (χ0) is 9.61. The van der Waals surface area contributed by atoms with E-state index in [1.54, 1.807) is 0 Å². The Hall–Kier alpha value is -0.0900. The van der Waals surface area contributed by atoms with Crippen LogP contribution in [0.3, 0.4) is 0 Å². The molecular formula is C8H16BrNO2. The smallest absolute Gasteiger partial charge is 0.230 e. The number of rotatable bonds is 5. The van der Waals surface area contributed by atoms with Gasteiger partial charge in [-0.15, -0.1) is 0 Å². The number of amides is 1. The van der Waals surface area contributed by atoms with Crippen molar-refractivity contribution >= 4 is 21.8 Å². The predicted octanol–water partition coefficient (Wildman–Crippen LogP) is 1.05. The molecule has 0 spiro atoms. The topological polar surface area (TPSA) is 49.3 Å². The van der Waals surface area contributed by atoms with Gasteiger partial charge in [-0.3, -0.25) is 4.79 Å². The molecule has 0 unspecified atom stereocenters. The van der Waals surface area contributed by atoms with Crippen LogP contribution in [0.2, 0.25) is 0 Å². The number of hydrogen-bond donors (Lipinski definition) is 2. The summed E-state index contributed by atoms with van der Waals surface area (Å²) in [6, 6.07) is 0. The minimum atomic E-state index is -0.738. The molecule has 0 aliphatic carbocycles. The van der Waals surface area contributed by atoms with Crippen LogP contribution in [0.5, 0.6) is 0 Å². The van der Waals surface area contributed by atoms with Crippen molar-refractivity contribution in [3.63, 3.8) is 0 Å². The third-order valence-corrected chi connectivity index (χ3v) is 2.56. The molecule has 72 valence electrons. The molecule has 0 aliphatic heterocycles. The van der Waals surface area contributed by atoms with E-state index in [-0.39, 0.29) is 11.2 Å². The van der Waals surface area contributed by atoms with E-state index >= 15 is 0 Å². The molecule has 2 N–H and O–H groups in total. The summed E-state index contributed by atoms with van der Waals surface area (Å²) in [5, 5.41) is 12.7. The fourth-order valence-corrected chi connectivity index (χ4v) is 1.01. The van der Waals surface area contributed by atoms with Gasteiger partial charge in [-0.2, -0.15) is 0 Å². The highest BCUT2D eigenvalue weighted by Crippen LogP contribution is 2.12. The van der Waals surface area contributed by atoms with Crippen molar-refractivity contribution in [1.29, 1.82) is 0 Å². The molecule has 0 radical (unpaired) electrons. The van der Waals surface area contributed by atoms with Gasteiger partial charge < -0.3 is 10.4 Å². The molecule has 3 nitrogen and oxygen atoms in total. The van der Waals surface area contributed by atoms with E-state index in [0.29, 0.717) is 19.4 Å². The fourth-order valence-electron chi connectivity index (χ4n) is 0.810. The lowest BCUT2D eigenvalue weighted by Crippen LogP contribution is -2.42. The van der Waals surface area contributed by atoms with E-state index in [1.165, 1.54) is 0 Å². The fraction of sp³-hybridized carbons (Fsp3) is 0.875. The van der Waals surface area contributed by atoms with Crippen LogP contribution in [-0.4, -0.2) is 28.5 Å². The Morgan fingerprint density at radius 1 is 1.50 bits per heavy atom. The van der Waals surface area contributed by atoms with Gasteiger partial charge in [0.1, 0.15) is 0 Å². The van der Waals surface area contributed by atoms with Crippen LogP contribution in [0.4, 0.5) is 0 Å². The molecule has 0 aromatic heterocycles. The molecule has 0 bridgehead atoms. The van der Waals surface area contributed by atoms with Crippen LogP contribution in [0.25, 0.3) is 0 Å². The molecule has 0 fully saturated rings. The Kier molecular flexibility index (Phi) is 5.50.